The van der Waals surface area contributed by atoms with Crippen LogP contribution in [0.5, 0.6) is 0 Å². The minimum absolute atomic E-state index is 0.0128. The number of carbonyl (C=O) groups excluding carboxylic acids is 6. The summed E-state index contributed by atoms with van der Waals surface area (Å²) in [6.07, 6.45) is 0.255. The number of hydrogen-bond donors (Lipinski definition) is 4. The van der Waals surface area contributed by atoms with Gasteiger partial charge in [0.05, 0.1) is 18.6 Å². The zero-order chi connectivity index (χ0) is 36.0. The first kappa shape index (κ1) is 38.7. The molecule has 266 valence electrons. The van der Waals surface area contributed by atoms with Gasteiger partial charge in [-0.15, -0.1) is 0 Å². The molecule has 1 aliphatic rings. The average Bonchev–Trinajstić information content (AvgIpc) is 3.93. The Morgan fingerprint density at radius 1 is 0.857 bits per heavy atom. The Hall–Kier alpha value is -4.78. The molecular weight excluding hydrogens is 632 g/mol. The third-order valence-corrected chi connectivity index (χ3v) is 8.62. The fourth-order valence-electron chi connectivity index (χ4n) is 5.42. The van der Waals surface area contributed by atoms with E-state index in [1.807, 2.05) is 13.0 Å². The van der Waals surface area contributed by atoms with Gasteiger partial charge >= 0.3 is 12.1 Å². The summed E-state index contributed by atoms with van der Waals surface area (Å²) < 4.78 is 15.5. The molecule has 0 radical (unpaired) electrons. The molecule has 4 amide bonds. The highest BCUT2D eigenvalue weighted by atomic mass is 16.6. The van der Waals surface area contributed by atoms with Crippen molar-refractivity contribution >= 4 is 35.6 Å². The number of primary amides is 1. The Morgan fingerprint density at radius 2 is 1.47 bits per heavy atom. The molecule has 4 unspecified atom stereocenters. The van der Waals surface area contributed by atoms with Crippen LogP contribution in [-0.4, -0.2) is 81.1 Å². The van der Waals surface area contributed by atoms with E-state index < -0.39 is 34.7 Å². The number of esters is 1. The van der Waals surface area contributed by atoms with Crippen molar-refractivity contribution in [1.82, 2.24) is 16.0 Å². The monoisotopic (exact) mass is 680 g/mol. The predicted octanol–water partition coefficient (Wildman–Crippen LogP) is 3.15. The van der Waals surface area contributed by atoms with Crippen LogP contribution in [0, 0.1) is 16.7 Å². The third kappa shape index (κ3) is 12.0. The van der Waals surface area contributed by atoms with Crippen LogP contribution in [0.3, 0.4) is 0 Å². The Labute approximate surface area is 287 Å². The summed E-state index contributed by atoms with van der Waals surface area (Å²) in [5, 5.41) is 8.23. The smallest absolute Gasteiger partial charge is 0.407 e. The van der Waals surface area contributed by atoms with Crippen molar-refractivity contribution in [2.45, 2.75) is 59.5 Å². The summed E-state index contributed by atoms with van der Waals surface area (Å²) in [5.74, 6) is -2.58. The van der Waals surface area contributed by atoms with E-state index in [4.69, 9.17) is 19.9 Å². The van der Waals surface area contributed by atoms with E-state index in [9.17, 15) is 28.8 Å². The van der Waals surface area contributed by atoms with Crippen molar-refractivity contribution in [2.75, 3.05) is 39.5 Å². The summed E-state index contributed by atoms with van der Waals surface area (Å²) in [7, 11) is 0. The molecule has 13 nitrogen and oxygen atoms in total. The van der Waals surface area contributed by atoms with E-state index >= 15 is 0 Å². The number of carbonyl (C=O) groups is 6. The fourth-order valence-corrected chi connectivity index (χ4v) is 5.42. The molecular formula is C36H48N4O9. The van der Waals surface area contributed by atoms with Gasteiger partial charge in [0.2, 0.25) is 11.8 Å². The van der Waals surface area contributed by atoms with Crippen LogP contribution in [0.2, 0.25) is 0 Å². The Kier molecular flexibility index (Phi) is 14.3. The molecule has 3 rings (SSSR count). The summed E-state index contributed by atoms with van der Waals surface area (Å²) in [6, 6.07) is 15.3. The second-order valence-corrected chi connectivity index (χ2v) is 12.9. The SMILES string of the molecule is CCC(C)(CC(C)(CC(C)C(N)=O)C(=O)OCCNC(=O)OCC1CO1)C(=O)NCCCNC(=O)c1ccc(C(=O)c2ccccc2)cc1. The van der Waals surface area contributed by atoms with E-state index in [-0.39, 0.29) is 62.8 Å². The second-order valence-electron chi connectivity index (χ2n) is 12.9. The van der Waals surface area contributed by atoms with Gasteiger partial charge in [-0.2, -0.15) is 0 Å². The molecule has 1 heterocycles. The highest BCUT2D eigenvalue weighted by Crippen LogP contribution is 2.42. The lowest BCUT2D eigenvalue weighted by molar-refractivity contribution is -0.159. The van der Waals surface area contributed by atoms with E-state index in [1.165, 1.54) is 0 Å². The van der Waals surface area contributed by atoms with Crippen LogP contribution in [0.15, 0.2) is 54.6 Å². The lowest BCUT2D eigenvalue weighted by Gasteiger charge is -2.37. The van der Waals surface area contributed by atoms with Crippen LogP contribution in [0.4, 0.5) is 4.79 Å². The molecule has 49 heavy (non-hydrogen) atoms. The number of nitrogens with one attached hydrogen (secondary N) is 3. The second kappa shape index (κ2) is 18.1. The molecule has 2 aromatic carbocycles. The number of nitrogens with two attached hydrogens (primary N) is 1. The van der Waals surface area contributed by atoms with Crippen molar-refractivity contribution in [3.8, 4) is 0 Å². The van der Waals surface area contributed by atoms with Gasteiger partial charge < -0.3 is 35.9 Å². The maximum atomic E-state index is 13.4. The van der Waals surface area contributed by atoms with Crippen LogP contribution in [-0.2, 0) is 28.6 Å². The van der Waals surface area contributed by atoms with Gasteiger partial charge in [-0.1, -0.05) is 63.2 Å². The molecule has 1 aliphatic heterocycles. The summed E-state index contributed by atoms with van der Waals surface area (Å²) in [6.45, 7) is 7.99. The molecule has 1 saturated heterocycles. The minimum Gasteiger partial charge on any atom is -0.463 e. The molecule has 0 aromatic heterocycles. The van der Waals surface area contributed by atoms with Gasteiger partial charge in [0.15, 0.2) is 5.78 Å². The minimum atomic E-state index is -1.24. The lowest BCUT2D eigenvalue weighted by Crippen LogP contribution is -2.46. The molecule has 5 N–H and O–H groups in total. The maximum Gasteiger partial charge on any atom is 0.407 e. The first-order valence-electron chi connectivity index (χ1n) is 16.5. The number of ether oxygens (including phenoxy) is 3. The van der Waals surface area contributed by atoms with Gasteiger partial charge in [-0.3, -0.25) is 24.0 Å². The zero-order valence-electron chi connectivity index (χ0n) is 28.7. The molecule has 4 atom stereocenters. The molecule has 0 aliphatic carbocycles. The van der Waals surface area contributed by atoms with E-state index in [1.54, 1.807) is 69.3 Å². The highest BCUT2D eigenvalue weighted by molar-refractivity contribution is 6.09. The average molecular weight is 681 g/mol. The summed E-state index contributed by atoms with van der Waals surface area (Å²) in [5.41, 5.74) is 4.73. The van der Waals surface area contributed by atoms with Crippen molar-refractivity contribution in [3.63, 3.8) is 0 Å². The quantitative estimate of drug-likeness (QED) is 0.0703. The van der Waals surface area contributed by atoms with Gasteiger partial charge in [0, 0.05) is 41.1 Å². The number of epoxide rings is 1. The Bertz CT molecular complexity index is 1460. The number of hydrogen-bond acceptors (Lipinski definition) is 9. The molecule has 0 bridgehead atoms. The Morgan fingerprint density at radius 3 is 2.08 bits per heavy atom. The number of amides is 4. The van der Waals surface area contributed by atoms with Gasteiger partial charge in [-0.05, 0) is 44.7 Å². The maximum absolute atomic E-state index is 13.4. The fraction of sp³-hybridized carbons (Fsp3) is 0.500. The van der Waals surface area contributed by atoms with Crippen molar-refractivity contribution in [1.29, 1.82) is 0 Å². The molecule has 13 heteroatoms. The molecule has 0 spiro atoms. The number of alkyl carbamates (subject to hydrolysis) is 1. The number of rotatable bonds is 20. The number of ketones is 1. The first-order chi connectivity index (χ1) is 23.3. The van der Waals surface area contributed by atoms with Crippen LogP contribution in [0.25, 0.3) is 0 Å². The van der Waals surface area contributed by atoms with Crippen molar-refractivity contribution in [3.05, 3.63) is 71.3 Å². The number of benzene rings is 2. The van der Waals surface area contributed by atoms with Crippen LogP contribution >= 0.6 is 0 Å². The van der Waals surface area contributed by atoms with Gasteiger partial charge in [0.25, 0.3) is 5.91 Å². The van der Waals surface area contributed by atoms with Crippen LogP contribution < -0.4 is 21.7 Å². The summed E-state index contributed by atoms with van der Waals surface area (Å²) in [4.78, 5) is 75.8. The summed E-state index contributed by atoms with van der Waals surface area (Å²) >= 11 is 0. The highest BCUT2D eigenvalue weighted by Gasteiger charge is 2.46. The lowest BCUT2D eigenvalue weighted by atomic mass is 9.67. The topological polar surface area (TPSA) is 196 Å². The zero-order valence-corrected chi connectivity index (χ0v) is 28.7. The van der Waals surface area contributed by atoms with Crippen molar-refractivity contribution in [2.24, 2.45) is 22.5 Å². The molecule has 2 aromatic rings. The standard InChI is InChI=1S/C36H48N4O9/c1-5-35(3,23-36(4,20-24(2)30(37)42)33(45)47-19-18-40-34(46)49-22-28-21-48-28)32(44)39-17-9-16-38-31(43)27-14-12-26(13-15-27)29(41)25-10-7-6-8-11-25/h6-8,10-15,24,28H,5,9,16-23H2,1-4H3,(H2,37,42)(H,38,43)(H,39,44)(H,40,46). The molecule has 0 saturated carbocycles. The van der Waals surface area contributed by atoms with Gasteiger partial charge in [-0.25, -0.2) is 4.79 Å². The predicted molar refractivity (Wildman–Crippen MR) is 180 cm³/mol. The van der Waals surface area contributed by atoms with Gasteiger partial charge in [0.1, 0.15) is 19.3 Å². The Balaban J connectivity index is 1.48. The van der Waals surface area contributed by atoms with E-state index in [2.05, 4.69) is 16.0 Å². The molecule has 1 fully saturated rings. The third-order valence-electron chi connectivity index (χ3n) is 8.62. The van der Waals surface area contributed by atoms with E-state index in [0.717, 1.165) is 0 Å². The van der Waals surface area contributed by atoms with Crippen molar-refractivity contribution < 1.29 is 43.0 Å². The van der Waals surface area contributed by atoms with Crippen LogP contribution in [0.1, 0.15) is 79.7 Å². The van der Waals surface area contributed by atoms with E-state index in [0.29, 0.717) is 42.7 Å². The first-order valence-corrected chi connectivity index (χ1v) is 16.5. The largest absolute Gasteiger partial charge is 0.463 e. The normalized spacial score (nSPS) is 16.5.